The third-order valence-corrected chi connectivity index (χ3v) is 3.89. The fourth-order valence-electron chi connectivity index (χ4n) is 2.60. The van der Waals surface area contributed by atoms with E-state index >= 15 is 0 Å². The molecule has 1 N–H and O–H groups in total. The molecule has 1 fully saturated rings. The molecule has 0 spiro atoms. The van der Waals surface area contributed by atoms with E-state index in [0.29, 0.717) is 5.92 Å². The van der Waals surface area contributed by atoms with Crippen molar-refractivity contribution in [2.45, 2.75) is 38.0 Å². The van der Waals surface area contributed by atoms with E-state index < -0.39 is 0 Å². The zero-order valence-electron chi connectivity index (χ0n) is 11.2. The van der Waals surface area contributed by atoms with Crippen LogP contribution in [0.5, 0.6) is 5.75 Å². The molecule has 1 saturated carbocycles. The summed E-state index contributed by atoms with van der Waals surface area (Å²) in [5.41, 5.74) is 1.15. The number of likely N-dealkylation sites (N-methyl/N-ethyl adjacent to an activating group) is 1. The molecule has 2 rings (SSSR count). The van der Waals surface area contributed by atoms with Crippen molar-refractivity contribution in [3.63, 3.8) is 0 Å². The van der Waals surface area contributed by atoms with Crippen LogP contribution < -0.4 is 10.1 Å². The van der Waals surface area contributed by atoms with Gasteiger partial charge in [0, 0.05) is 12.1 Å². The van der Waals surface area contributed by atoms with Crippen LogP contribution in [0.4, 0.5) is 0 Å². The van der Waals surface area contributed by atoms with Gasteiger partial charge in [-0.15, -0.1) is 0 Å². The Morgan fingerprint density at radius 3 is 2.79 bits per heavy atom. The monoisotopic (exact) mass is 281 g/mol. The lowest BCUT2D eigenvalue weighted by Gasteiger charge is -2.24. The molecule has 4 heteroatoms. The minimum Gasteiger partial charge on any atom is -0.483 e. The number of nitrogens with one attached hydrogen (secondary N) is 1. The smallest absolute Gasteiger partial charge is 0.257 e. The van der Waals surface area contributed by atoms with E-state index in [1.165, 1.54) is 32.1 Å². The molecule has 19 heavy (non-hydrogen) atoms. The van der Waals surface area contributed by atoms with Gasteiger partial charge in [0.05, 0.1) is 0 Å². The van der Waals surface area contributed by atoms with Crippen molar-refractivity contribution in [1.29, 1.82) is 0 Å². The summed E-state index contributed by atoms with van der Waals surface area (Å²) in [6.07, 6.45) is 6.18. The van der Waals surface area contributed by atoms with Gasteiger partial charge in [-0.1, -0.05) is 30.9 Å². The lowest BCUT2D eigenvalue weighted by Crippen LogP contribution is -2.25. The summed E-state index contributed by atoms with van der Waals surface area (Å²) in [5.74, 6) is 1.18. The van der Waals surface area contributed by atoms with Crippen molar-refractivity contribution in [1.82, 2.24) is 5.32 Å². The normalized spacial score (nSPS) is 16.1. The van der Waals surface area contributed by atoms with Gasteiger partial charge in [0.15, 0.2) is 6.61 Å². The Morgan fingerprint density at radius 2 is 2.11 bits per heavy atom. The molecule has 0 radical (unpaired) electrons. The Balaban J connectivity index is 2.14. The summed E-state index contributed by atoms with van der Waals surface area (Å²) in [4.78, 5) is 11.3. The number of amides is 1. The Kier molecular flexibility index (Phi) is 5.08. The number of hydrogen-bond donors (Lipinski definition) is 1. The molecule has 0 bridgehead atoms. The van der Waals surface area contributed by atoms with Crippen molar-refractivity contribution >= 4 is 17.5 Å². The maximum absolute atomic E-state index is 11.3. The van der Waals surface area contributed by atoms with E-state index in [9.17, 15) is 4.79 Å². The minimum absolute atomic E-state index is 0.0534. The molecule has 1 aliphatic carbocycles. The van der Waals surface area contributed by atoms with Crippen LogP contribution in [-0.4, -0.2) is 19.6 Å². The second kappa shape index (κ2) is 6.80. The summed E-state index contributed by atoms with van der Waals surface area (Å²) >= 11 is 6.09. The van der Waals surface area contributed by atoms with E-state index in [2.05, 4.69) is 5.32 Å². The molecule has 0 atom stereocenters. The average Bonchev–Trinajstić information content (AvgIpc) is 2.46. The molecule has 0 saturated heterocycles. The van der Waals surface area contributed by atoms with E-state index in [-0.39, 0.29) is 12.5 Å². The number of halogens is 1. The Bertz CT molecular complexity index is 442. The highest BCUT2D eigenvalue weighted by Gasteiger charge is 2.20. The quantitative estimate of drug-likeness (QED) is 0.917. The number of carbonyl (C=O) groups excluding carboxylic acids is 1. The van der Waals surface area contributed by atoms with E-state index in [1.54, 1.807) is 7.05 Å². The van der Waals surface area contributed by atoms with Crippen molar-refractivity contribution in [2.24, 2.45) is 0 Å². The molecule has 1 amide bonds. The zero-order chi connectivity index (χ0) is 13.7. The van der Waals surface area contributed by atoms with Crippen molar-refractivity contribution in [3.8, 4) is 5.75 Å². The number of ether oxygens (including phenoxy) is 1. The second-order valence-corrected chi connectivity index (χ2v) is 5.42. The van der Waals surface area contributed by atoms with Gasteiger partial charge in [-0.3, -0.25) is 4.79 Å². The Morgan fingerprint density at radius 1 is 1.37 bits per heavy atom. The van der Waals surface area contributed by atoms with Crippen molar-refractivity contribution in [3.05, 3.63) is 28.8 Å². The van der Waals surface area contributed by atoms with Crippen LogP contribution in [0.3, 0.4) is 0 Å². The molecule has 104 valence electrons. The molecular weight excluding hydrogens is 262 g/mol. The van der Waals surface area contributed by atoms with Gasteiger partial charge in [-0.05, 0) is 42.5 Å². The van der Waals surface area contributed by atoms with E-state index in [1.807, 2.05) is 18.2 Å². The van der Waals surface area contributed by atoms with Crippen LogP contribution in [0.2, 0.25) is 5.02 Å². The molecule has 0 heterocycles. The highest BCUT2D eigenvalue weighted by atomic mass is 35.5. The first-order valence-corrected chi connectivity index (χ1v) is 7.21. The van der Waals surface area contributed by atoms with Crippen LogP contribution in [0, 0.1) is 0 Å². The highest BCUT2D eigenvalue weighted by molar-refractivity contribution is 6.30. The molecule has 0 aliphatic heterocycles. The van der Waals surface area contributed by atoms with Gasteiger partial charge in [-0.2, -0.15) is 0 Å². The van der Waals surface area contributed by atoms with Gasteiger partial charge in [-0.25, -0.2) is 0 Å². The number of hydrogen-bond acceptors (Lipinski definition) is 2. The number of carbonyl (C=O) groups is 1. The van der Waals surface area contributed by atoms with Gasteiger partial charge in [0.2, 0.25) is 0 Å². The largest absolute Gasteiger partial charge is 0.483 e. The minimum atomic E-state index is -0.121. The Hall–Kier alpha value is -1.22. The fraction of sp³-hybridized carbons (Fsp3) is 0.533. The summed E-state index contributed by atoms with van der Waals surface area (Å²) in [5, 5.41) is 3.29. The maximum Gasteiger partial charge on any atom is 0.257 e. The average molecular weight is 282 g/mol. The standard InChI is InChI=1S/C15H20ClNO2/c1-17-15(18)10-19-14-8-7-12(16)9-13(14)11-5-3-2-4-6-11/h7-9,11H,2-6,10H2,1H3,(H,17,18). The first kappa shape index (κ1) is 14.2. The first-order chi connectivity index (χ1) is 9.20. The number of benzene rings is 1. The van der Waals surface area contributed by atoms with Crippen LogP contribution >= 0.6 is 11.6 Å². The molecule has 1 aromatic rings. The van der Waals surface area contributed by atoms with Crippen LogP contribution in [-0.2, 0) is 4.79 Å². The van der Waals surface area contributed by atoms with Crippen LogP contribution in [0.1, 0.15) is 43.6 Å². The predicted molar refractivity (Wildman–Crippen MR) is 76.8 cm³/mol. The zero-order valence-corrected chi connectivity index (χ0v) is 12.0. The Labute approximate surface area is 119 Å². The molecule has 0 aromatic heterocycles. The van der Waals surface area contributed by atoms with Gasteiger partial charge >= 0.3 is 0 Å². The fourth-order valence-corrected chi connectivity index (χ4v) is 2.78. The highest BCUT2D eigenvalue weighted by Crippen LogP contribution is 2.38. The van der Waals surface area contributed by atoms with Gasteiger partial charge in [0.1, 0.15) is 5.75 Å². The van der Waals surface area contributed by atoms with Crippen LogP contribution in [0.25, 0.3) is 0 Å². The van der Waals surface area contributed by atoms with Crippen molar-refractivity contribution < 1.29 is 9.53 Å². The summed E-state index contributed by atoms with van der Waals surface area (Å²) < 4.78 is 5.63. The summed E-state index contributed by atoms with van der Waals surface area (Å²) in [6, 6.07) is 5.67. The molecule has 1 aliphatic rings. The van der Waals surface area contributed by atoms with Crippen LogP contribution in [0.15, 0.2) is 18.2 Å². The third-order valence-electron chi connectivity index (χ3n) is 3.65. The lowest BCUT2D eigenvalue weighted by atomic mass is 9.84. The van der Waals surface area contributed by atoms with Crippen molar-refractivity contribution in [2.75, 3.05) is 13.7 Å². The van der Waals surface area contributed by atoms with Gasteiger partial charge in [0.25, 0.3) is 5.91 Å². The summed E-state index contributed by atoms with van der Waals surface area (Å²) in [7, 11) is 1.61. The lowest BCUT2D eigenvalue weighted by molar-refractivity contribution is -0.122. The molecule has 1 aromatic carbocycles. The molecular formula is C15H20ClNO2. The predicted octanol–water partition coefficient (Wildman–Crippen LogP) is 3.51. The molecule has 0 unspecified atom stereocenters. The maximum atomic E-state index is 11.3. The topological polar surface area (TPSA) is 38.3 Å². The number of rotatable bonds is 4. The SMILES string of the molecule is CNC(=O)COc1ccc(Cl)cc1C1CCCCC1. The second-order valence-electron chi connectivity index (χ2n) is 4.98. The molecule has 3 nitrogen and oxygen atoms in total. The van der Waals surface area contributed by atoms with E-state index in [4.69, 9.17) is 16.3 Å². The van der Waals surface area contributed by atoms with Gasteiger partial charge < -0.3 is 10.1 Å². The third kappa shape index (κ3) is 3.87. The first-order valence-electron chi connectivity index (χ1n) is 6.83. The van der Waals surface area contributed by atoms with E-state index in [0.717, 1.165) is 16.3 Å². The summed E-state index contributed by atoms with van der Waals surface area (Å²) in [6.45, 7) is 0.0534.